The molecule has 0 saturated carbocycles. The molecule has 5 aromatic heterocycles. The molecule has 18 nitrogen and oxygen atoms in total. The van der Waals surface area contributed by atoms with Gasteiger partial charge in [-0.2, -0.15) is 0 Å². The summed E-state index contributed by atoms with van der Waals surface area (Å²) in [6.07, 6.45) is 13.8. The number of hydrogen-bond donors (Lipinski definition) is 3. The molecule has 8 heterocycles. The minimum atomic E-state index is -1.46. The Bertz CT molecular complexity index is 6390. The minimum absolute atomic E-state index is 0. The zero-order valence-electron chi connectivity index (χ0n) is 66.5. The molecule has 12 aromatic carbocycles. The minimum Gasteiger partial charge on any atom is -0.506 e. The van der Waals surface area contributed by atoms with Crippen LogP contribution >= 0.6 is 44.3 Å². The van der Waals surface area contributed by atoms with Crippen LogP contribution in [0.4, 0.5) is 0 Å². The molecule has 123 heavy (non-hydrogen) atoms. The van der Waals surface area contributed by atoms with E-state index in [0.29, 0.717) is 55.7 Å². The van der Waals surface area contributed by atoms with Gasteiger partial charge in [-0.3, -0.25) is 24.9 Å². The second kappa shape index (κ2) is 43.5. The molecule has 22 heteroatoms. The van der Waals surface area contributed by atoms with Crippen molar-refractivity contribution >= 4 is 117 Å². The van der Waals surface area contributed by atoms with Gasteiger partial charge in [0.15, 0.2) is 29.8 Å². The fraction of sp³-hybridized carbons (Fsp3) is 0.0990. The van der Waals surface area contributed by atoms with Gasteiger partial charge in [0, 0.05) is 74.1 Å². The van der Waals surface area contributed by atoms with Crippen molar-refractivity contribution in [3.8, 4) is 62.9 Å². The zero-order chi connectivity index (χ0) is 83.4. The first-order chi connectivity index (χ1) is 60.1. The van der Waals surface area contributed by atoms with Crippen molar-refractivity contribution in [3.63, 3.8) is 0 Å². The van der Waals surface area contributed by atoms with E-state index in [1.165, 1.54) is 11.1 Å². The van der Waals surface area contributed by atoms with Crippen LogP contribution in [0, 0.1) is 0 Å². The number of para-hydroxylation sites is 2. The lowest BCUT2D eigenvalue weighted by atomic mass is 9.80. The molecule has 1 saturated heterocycles. The van der Waals surface area contributed by atoms with Crippen LogP contribution in [0.1, 0.15) is 39.8 Å². The standard InChI is InChI=1S/C23H19NO3.C23H17NO3.C16H12BrNO.C16H13NO.C9H7NO.C7H7BO4.C7H7Br.ClH/c2*1-2-5-16(6-3-1)14-25-21-11-9-18(19-7-4-12-24-23(19)21)17-8-10-20-22(13-17)27-15-26-20;17-14-8-9-15(16-13(14)7-4-10-18-16)19-11-12-5-2-1-3-6-12;1-2-6-13(7-3-1)12-18-15-10-4-8-14-9-5-11-17-16(14)15;11-8-5-1-3-7-4-2-6-10-9(7)8;9-8(10)5-1-2-6-7(3-5)12-4-11-6;8-6-7-4-2-1-3-5-7;/h1-12,22H,13-15H2;1-13H,14-15H2;1-10H,11H2;1-11H,12H2;1-6,11H;1-3,9-10H,4H2;1-5H,6H2;1H. The summed E-state index contributed by atoms with van der Waals surface area (Å²) in [4.78, 5) is 22.0. The summed E-state index contributed by atoms with van der Waals surface area (Å²) < 4.78 is 57.1. The average Bonchev–Trinajstić information content (AvgIpc) is 1.60. The van der Waals surface area contributed by atoms with Crippen molar-refractivity contribution in [2.45, 2.75) is 44.3 Å². The smallest absolute Gasteiger partial charge is 0.488 e. The first kappa shape index (κ1) is 85.8. The fourth-order valence-electron chi connectivity index (χ4n) is 13.5. The van der Waals surface area contributed by atoms with Crippen LogP contribution in [0.5, 0.6) is 51.7 Å². The van der Waals surface area contributed by atoms with Crippen LogP contribution in [0.25, 0.3) is 71.2 Å². The Morgan fingerprint density at radius 3 is 1.28 bits per heavy atom. The Morgan fingerprint density at radius 1 is 0.358 bits per heavy atom. The van der Waals surface area contributed by atoms with Gasteiger partial charge < -0.3 is 62.5 Å². The Morgan fingerprint density at radius 2 is 0.772 bits per heavy atom. The Balaban J connectivity index is 0.000000121. The number of hydrogen-bond acceptors (Lipinski definition) is 18. The monoisotopic (exact) mass is 1780 g/mol. The number of allylic oxidation sites excluding steroid dienone is 2. The molecule has 0 radical (unpaired) electrons. The summed E-state index contributed by atoms with van der Waals surface area (Å²) in [6, 6.07) is 105. The van der Waals surface area contributed by atoms with Crippen molar-refractivity contribution in [2.75, 3.05) is 20.4 Å². The average molecular weight is 1780 g/mol. The molecule has 0 spiro atoms. The van der Waals surface area contributed by atoms with Crippen LogP contribution in [-0.2, 0) is 41.2 Å². The summed E-state index contributed by atoms with van der Waals surface area (Å²) in [5, 5.41) is 33.1. The summed E-state index contributed by atoms with van der Waals surface area (Å²) in [5.41, 5.74) is 15.0. The molecule has 3 N–H and O–H groups in total. The van der Waals surface area contributed by atoms with Crippen molar-refractivity contribution in [1.29, 1.82) is 0 Å². The van der Waals surface area contributed by atoms with Crippen molar-refractivity contribution < 1.29 is 62.5 Å². The first-order valence-electron chi connectivity index (χ1n) is 39.4. The molecule has 21 rings (SSSR count). The van der Waals surface area contributed by atoms with Crippen molar-refractivity contribution in [3.05, 3.63) is 408 Å². The Labute approximate surface area is 735 Å². The zero-order valence-corrected chi connectivity index (χ0v) is 70.5. The maximum Gasteiger partial charge on any atom is 0.488 e. The molecule has 1 fully saturated rings. The molecule has 3 aliphatic heterocycles. The third-order valence-corrected chi connectivity index (χ3v) is 21.0. The number of pyridine rings is 5. The fourth-order valence-corrected chi connectivity index (χ4v) is 14.4. The van der Waals surface area contributed by atoms with Gasteiger partial charge in [0.05, 0.1) is 0 Å². The molecule has 614 valence electrons. The number of benzene rings is 12. The maximum absolute atomic E-state index is 9.31. The number of aromatic nitrogens is 5. The number of aromatic hydroxyl groups is 1. The number of nitrogens with zero attached hydrogens (tertiary/aromatic N) is 5. The highest BCUT2D eigenvalue weighted by Gasteiger charge is 2.29. The van der Waals surface area contributed by atoms with E-state index < -0.39 is 7.12 Å². The Hall–Kier alpha value is -13.6. The lowest BCUT2D eigenvalue weighted by molar-refractivity contribution is 0.0515. The molecule has 1 aliphatic carbocycles. The van der Waals surface area contributed by atoms with E-state index in [9.17, 15) is 5.11 Å². The van der Waals surface area contributed by atoms with Crippen molar-refractivity contribution in [1.82, 2.24) is 24.9 Å². The second-order valence-corrected chi connectivity index (χ2v) is 29.2. The van der Waals surface area contributed by atoms with Gasteiger partial charge in [0.2, 0.25) is 13.6 Å². The number of fused-ring (bicyclic) bond motifs is 8. The van der Waals surface area contributed by atoms with E-state index in [-0.39, 0.29) is 37.8 Å². The quantitative estimate of drug-likeness (QED) is 0.0605. The summed E-state index contributed by atoms with van der Waals surface area (Å²) >= 11 is 6.89. The predicted octanol–water partition coefficient (Wildman–Crippen LogP) is 22.5. The van der Waals surface area contributed by atoms with Crippen LogP contribution in [0.2, 0.25) is 0 Å². The molecular weight excluding hydrogens is 1700 g/mol. The number of rotatable bonds is 16. The number of phenolic OH excluding ortho intramolecular Hbond substituents is 1. The van der Waals surface area contributed by atoms with Gasteiger partial charge >= 0.3 is 7.12 Å². The topological polar surface area (TPSA) is 217 Å². The SMILES string of the molecule is BrCc1ccccc1.Brc1ccc(OCc2ccccc2)c2ncccc12.C1=C(c2ccc(OCc3ccccc3)c3ncccc23)CC2OCOC2=C1.Cl.OB(O)c1ccc2c(c1)OCO2.Oc1cccc2cccnc12.c1ccc(COc2ccc(-c3ccc4c(c3)OCO4)c3cccnc23)cc1.c1ccc(COc2cccc3cccnc23)cc1. The summed E-state index contributed by atoms with van der Waals surface area (Å²) in [7, 11) is -1.46. The molecule has 0 amide bonds. The third kappa shape index (κ3) is 22.9. The van der Waals surface area contributed by atoms with Gasteiger partial charge in [-0.15, -0.1) is 12.4 Å². The molecule has 4 aliphatic rings. The predicted molar refractivity (Wildman–Crippen MR) is 493 cm³/mol. The van der Waals surface area contributed by atoms with E-state index in [1.54, 1.807) is 55.1 Å². The Kier molecular flexibility index (Phi) is 30.4. The molecule has 17 aromatic rings. The van der Waals surface area contributed by atoms with Gasteiger partial charge in [0.1, 0.15) is 94.6 Å². The highest BCUT2D eigenvalue weighted by Crippen LogP contribution is 2.42. The van der Waals surface area contributed by atoms with Crippen LogP contribution in [0.3, 0.4) is 0 Å². The highest BCUT2D eigenvalue weighted by molar-refractivity contribution is 9.10. The highest BCUT2D eigenvalue weighted by atomic mass is 79.9. The van der Waals surface area contributed by atoms with E-state index in [4.69, 9.17) is 57.4 Å². The van der Waals surface area contributed by atoms with Gasteiger partial charge in [-0.25, -0.2) is 0 Å². The van der Waals surface area contributed by atoms with Crippen LogP contribution in [0.15, 0.2) is 375 Å². The van der Waals surface area contributed by atoms with E-state index in [1.807, 2.05) is 219 Å². The molecular formula is C101H83BBr2ClN5O13. The maximum atomic E-state index is 9.31. The van der Waals surface area contributed by atoms with E-state index >= 15 is 0 Å². The normalized spacial score (nSPS) is 12.7. The number of phenols is 1. The van der Waals surface area contributed by atoms with E-state index in [0.717, 1.165) is 144 Å². The lowest BCUT2D eigenvalue weighted by Crippen LogP contribution is -2.29. The van der Waals surface area contributed by atoms with E-state index in [2.05, 4.69) is 148 Å². The number of ether oxygens (including phenoxy) is 10. The second-order valence-electron chi connectivity index (χ2n) is 27.8. The molecule has 1 atom stereocenters. The summed E-state index contributed by atoms with van der Waals surface area (Å²) in [5.74, 6) is 7.12. The van der Waals surface area contributed by atoms with Crippen molar-refractivity contribution in [2.24, 2.45) is 0 Å². The summed E-state index contributed by atoms with van der Waals surface area (Å²) in [6.45, 7) is 2.95. The third-order valence-electron chi connectivity index (χ3n) is 19.7. The van der Waals surface area contributed by atoms with Crippen LogP contribution in [-0.4, -0.2) is 73.7 Å². The van der Waals surface area contributed by atoms with Gasteiger partial charge in [-0.1, -0.05) is 262 Å². The lowest BCUT2D eigenvalue weighted by Gasteiger charge is -2.18. The van der Waals surface area contributed by atoms with Crippen LogP contribution < -0.4 is 43.4 Å². The number of alkyl halides is 1. The molecule has 1 unspecified atom stereocenters. The van der Waals surface area contributed by atoms with Gasteiger partial charge in [-0.05, 0) is 159 Å². The van der Waals surface area contributed by atoms with Gasteiger partial charge in [0.25, 0.3) is 0 Å². The number of halogens is 3. The molecule has 0 bridgehead atoms. The first-order valence-corrected chi connectivity index (χ1v) is 41.3. The largest absolute Gasteiger partial charge is 0.506 e.